The Morgan fingerprint density at radius 3 is 2.52 bits per heavy atom. The number of amides is 1. The summed E-state index contributed by atoms with van der Waals surface area (Å²) in [4.78, 5) is 17.1. The van der Waals surface area contributed by atoms with Crippen molar-refractivity contribution >= 4 is 17.7 Å². The number of carbonyl (C=O) groups excluding carboxylic acids is 1. The predicted octanol–water partition coefficient (Wildman–Crippen LogP) is 2.44. The van der Waals surface area contributed by atoms with Crippen molar-refractivity contribution in [2.24, 2.45) is 5.92 Å². The quantitative estimate of drug-likeness (QED) is 0.771. The molecule has 1 heterocycles. The average Bonchev–Trinajstić information content (AvgIpc) is 2.48. The van der Waals surface area contributed by atoms with Crippen LogP contribution in [0.3, 0.4) is 0 Å². The lowest BCUT2D eigenvalue weighted by Crippen LogP contribution is -2.51. The molecule has 1 aliphatic carbocycles. The minimum atomic E-state index is 0.230. The Hall–Kier alpha value is -0.260. The number of hydrogen-bond donors (Lipinski definition) is 1. The zero-order valence-corrected chi connectivity index (χ0v) is 16.0. The summed E-state index contributed by atoms with van der Waals surface area (Å²) < 4.78 is 0. The molecule has 2 fully saturated rings. The zero-order chi connectivity index (χ0) is 16.7. The molecular formula is C18H35N3OS. The average molecular weight is 342 g/mol. The molecule has 2 aliphatic rings. The van der Waals surface area contributed by atoms with Gasteiger partial charge in [0.05, 0.1) is 6.54 Å². The van der Waals surface area contributed by atoms with Crippen LogP contribution < -0.4 is 5.32 Å². The standard InChI is InChI=1S/C18H35N3OS/c1-15(2)23-12-11-20-7-9-21(10-8-20)14-18(22)19-17-6-4-5-16(3)13-17/h15-17H,4-14H2,1-3H3,(H,19,22)/t16-,17+/m0/s1. The molecular weight excluding hydrogens is 306 g/mol. The molecule has 23 heavy (non-hydrogen) atoms. The van der Waals surface area contributed by atoms with Crippen LogP contribution in [-0.4, -0.2) is 72.0 Å². The molecule has 1 N–H and O–H groups in total. The molecule has 1 saturated carbocycles. The maximum absolute atomic E-state index is 12.2. The monoisotopic (exact) mass is 341 g/mol. The van der Waals surface area contributed by atoms with E-state index in [1.807, 2.05) is 11.8 Å². The van der Waals surface area contributed by atoms with Gasteiger partial charge in [-0.2, -0.15) is 11.8 Å². The molecule has 0 unspecified atom stereocenters. The largest absolute Gasteiger partial charge is 0.352 e. The second kappa shape index (κ2) is 9.90. The van der Waals surface area contributed by atoms with Crippen LogP contribution in [0.4, 0.5) is 0 Å². The summed E-state index contributed by atoms with van der Waals surface area (Å²) in [6.45, 7) is 12.8. The van der Waals surface area contributed by atoms with E-state index in [0.717, 1.165) is 50.2 Å². The molecule has 0 radical (unpaired) electrons. The van der Waals surface area contributed by atoms with E-state index in [4.69, 9.17) is 0 Å². The highest BCUT2D eigenvalue weighted by Crippen LogP contribution is 2.23. The molecule has 2 atom stereocenters. The molecule has 0 bridgehead atoms. The van der Waals surface area contributed by atoms with Gasteiger partial charge >= 0.3 is 0 Å². The van der Waals surface area contributed by atoms with Crippen LogP contribution in [-0.2, 0) is 4.79 Å². The highest BCUT2D eigenvalue weighted by Gasteiger charge is 2.23. The van der Waals surface area contributed by atoms with Gasteiger partial charge in [-0.05, 0) is 24.0 Å². The number of nitrogens with one attached hydrogen (secondary N) is 1. The number of piperazine rings is 1. The third kappa shape index (κ3) is 7.44. The molecule has 1 saturated heterocycles. The minimum Gasteiger partial charge on any atom is -0.352 e. The van der Waals surface area contributed by atoms with Gasteiger partial charge in [0, 0.05) is 44.5 Å². The molecule has 1 amide bonds. The number of rotatable bonds is 7. The van der Waals surface area contributed by atoms with Gasteiger partial charge in [0.25, 0.3) is 0 Å². The van der Waals surface area contributed by atoms with Crippen molar-refractivity contribution in [3.63, 3.8) is 0 Å². The smallest absolute Gasteiger partial charge is 0.234 e. The molecule has 4 nitrogen and oxygen atoms in total. The van der Waals surface area contributed by atoms with Crippen molar-refractivity contribution in [3.8, 4) is 0 Å². The van der Waals surface area contributed by atoms with E-state index in [9.17, 15) is 4.79 Å². The van der Waals surface area contributed by atoms with Gasteiger partial charge in [0.15, 0.2) is 0 Å². The first kappa shape index (κ1) is 19.1. The lowest BCUT2D eigenvalue weighted by molar-refractivity contribution is -0.123. The van der Waals surface area contributed by atoms with Gasteiger partial charge in [0.1, 0.15) is 0 Å². The highest BCUT2D eigenvalue weighted by molar-refractivity contribution is 7.99. The molecule has 2 rings (SSSR count). The predicted molar refractivity (Wildman–Crippen MR) is 100 cm³/mol. The van der Waals surface area contributed by atoms with Crippen molar-refractivity contribution in [1.29, 1.82) is 0 Å². The summed E-state index contributed by atoms with van der Waals surface area (Å²) in [7, 11) is 0. The number of hydrogen-bond acceptors (Lipinski definition) is 4. The number of thioether (sulfide) groups is 1. The lowest BCUT2D eigenvalue weighted by Gasteiger charge is -2.35. The zero-order valence-electron chi connectivity index (χ0n) is 15.2. The Bertz CT molecular complexity index is 356. The van der Waals surface area contributed by atoms with Crippen LogP contribution in [0.2, 0.25) is 0 Å². The summed E-state index contributed by atoms with van der Waals surface area (Å²) in [5.74, 6) is 2.21. The first-order chi connectivity index (χ1) is 11.0. The fraction of sp³-hybridized carbons (Fsp3) is 0.944. The first-order valence-corrected chi connectivity index (χ1v) is 10.4. The van der Waals surface area contributed by atoms with Crippen molar-refractivity contribution in [1.82, 2.24) is 15.1 Å². The number of nitrogens with zero attached hydrogens (tertiary/aromatic N) is 2. The normalized spacial score (nSPS) is 27.3. The maximum Gasteiger partial charge on any atom is 0.234 e. The van der Waals surface area contributed by atoms with Gasteiger partial charge in [-0.1, -0.05) is 33.6 Å². The van der Waals surface area contributed by atoms with Crippen LogP contribution in [0, 0.1) is 5.92 Å². The Morgan fingerprint density at radius 1 is 1.17 bits per heavy atom. The van der Waals surface area contributed by atoms with E-state index in [0.29, 0.717) is 12.6 Å². The Kier molecular flexibility index (Phi) is 8.21. The summed E-state index contributed by atoms with van der Waals surface area (Å²) in [6, 6.07) is 0.417. The lowest BCUT2D eigenvalue weighted by atomic mass is 9.87. The molecule has 0 aromatic heterocycles. The fourth-order valence-corrected chi connectivity index (χ4v) is 4.47. The Balaban J connectivity index is 1.59. The third-order valence-electron chi connectivity index (χ3n) is 4.99. The van der Waals surface area contributed by atoms with E-state index in [1.54, 1.807) is 0 Å². The second-order valence-electron chi connectivity index (χ2n) is 7.57. The van der Waals surface area contributed by atoms with Gasteiger partial charge in [0.2, 0.25) is 5.91 Å². The summed E-state index contributed by atoms with van der Waals surface area (Å²) in [5.41, 5.74) is 0. The Morgan fingerprint density at radius 2 is 1.87 bits per heavy atom. The summed E-state index contributed by atoms with van der Waals surface area (Å²) in [6.07, 6.45) is 4.91. The molecule has 5 heteroatoms. The van der Waals surface area contributed by atoms with E-state index >= 15 is 0 Å². The van der Waals surface area contributed by atoms with Gasteiger partial charge in [-0.15, -0.1) is 0 Å². The first-order valence-electron chi connectivity index (χ1n) is 9.38. The van der Waals surface area contributed by atoms with E-state index in [2.05, 4.69) is 35.9 Å². The second-order valence-corrected chi connectivity index (χ2v) is 9.26. The van der Waals surface area contributed by atoms with Crippen molar-refractivity contribution in [2.75, 3.05) is 45.0 Å². The van der Waals surface area contributed by atoms with Crippen LogP contribution in [0.15, 0.2) is 0 Å². The maximum atomic E-state index is 12.2. The molecule has 134 valence electrons. The SMILES string of the molecule is CC(C)SCCN1CCN(CC(=O)N[C@@H]2CCC[C@H](C)C2)CC1. The fourth-order valence-electron chi connectivity index (χ4n) is 3.63. The molecule has 0 aromatic carbocycles. The van der Waals surface area contributed by atoms with Crippen LogP contribution in [0.5, 0.6) is 0 Å². The topological polar surface area (TPSA) is 35.6 Å². The van der Waals surface area contributed by atoms with E-state index < -0.39 is 0 Å². The molecule has 0 spiro atoms. The highest BCUT2D eigenvalue weighted by atomic mass is 32.2. The minimum absolute atomic E-state index is 0.230. The van der Waals surface area contributed by atoms with Gasteiger partial charge in [-0.3, -0.25) is 14.6 Å². The summed E-state index contributed by atoms with van der Waals surface area (Å²) in [5, 5.41) is 3.98. The number of carbonyl (C=O) groups is 1. The van der Waals surface area contributed by atoms with E-state index in [1.165, 1.54) is 25.1 Å². The van der Waals surface area contributed by atoms with Crippen molar-refractivity contribution in [2.45, 2.75) is 57.7 Å². The van der Waals surface area contributed by atoms with Crippen LogP contribution >= 0.6 is 11.8 Å². The van der Waals surface area contributed by atoms with Crippen molar-refractivity contribution in [3.05, 3.63) is 0 Å². The van der Waals surface area contributed by atoms with Gasteiger partial charge < -0.3 is 5.32 Å². The Labute approximate surface area is 146 Å². The molecule has 1 aliphatic heterocycles. The van der Waals surface area contributed by atoms with Gasteiger partial charge in [-0.25, -0.2) is 0 Å². The van der Waals surface area contributed by atoms with Crippen LogP contribution in [0.25, 0.3) is 0 Å². The van der Waals surface area contributed by atoms with Crippen molar-refractivity contribution < 1.29 is 4.79 Å². The molecule has 0 aromatic rings. The summed E-state index contributed by atoms with van der Waals surface area (Å²) >= 11 is 2.04. The van der Waals surface area contributed by atoms with Crippen LogP contribution in [0.1, 0.15) is 46.5 Å². The van der Waals surface area contributed by atoms with E-state index in [-0.39, 0.29) is 5.91 Å². The third-order valence-corrected chi connectivity index (χ3v) is 6.08.